The zero-order chi connectivity index (χ0) is 18.9. The number of carbonyl (C=O) groups is 3. The largest absolute Gasteiger partial charge is 0.497 e. The highest BCUT2D eigenvalue weighted by molar-refractivity contribution is 6.30. The maximum absolute atomic E-state index is 12.8. The van der Waals surface area contributed by atoms with Gasteiger partial charge in [0, 0.05) is 10.6 Å². The molecule has 7 heteroatoms. The van der Waals surface area contributed by atoms with Crippen LogP contribution in [0.15, 0.2) is 48.5 Å². The van der Waals surface area contributed by atoms with Gasteiger partial charge in [-0.05, 0) is 36.8 Å². The van der Waals surface area contributed by atoms with Crippen molar-refractivity contribution >= 4 is 29.3 Å². The third-order valence-corrected chi connectivity index (χ3v) is 4.64. The Balaban J connectivity index is 1.82. The zero-order valence-corrected chi connectivity index (χ0v) is 15.0. The number of hydrogen-bond acceptors (Lipinski definition) is 4. The average molecular weight is 373 g/mol. The van der Waals surface area contributed by atoms with Crippen molar-refractivity contribution in [3.63, 3.8) is 0 Å². The van der Waals surface area contributed by atoms with E-state index < -0.39 is 17.5 Å². The molecule has 1 fully saturated rings. The van der Waals surface area contributed by atoms with E-state index >= 15 is 0 Å². The van der Waals surface area contributed by atoms with Gasteiger partial charge in [-0.3, -0.25) is 14.5 Å². The van der Waals surface area contributed by atoms with Gasteiger partial charge >= 0.3 is 6.03 Å². The summed E-state index contributed by atoms with van der Waals surface area (Å²) < 4.78 is 5.09. The Morgan fingerprint density at radius 3 is 2.54 bits per heavy atom. The highest BCUT2D eigenvalue weighted by atomic mass is 35.5. The third kappa shape index (κ3) is 3.15. The smallest absolute Gasteiger partial charge is 0.325 e. The Labute approximate surface area is 155 Å². The molecule has 0 radical (unpaired) electrons. The second-order valence-corrected chi connectivity index (χ2v) is 6.54. The summed E-state index contributed by atoms with van der Waals surface area (Å²) >= 11 is 5.88. The number of halogens is 1. The third-order valence-electron chi connectivity index (χ3n) is 4.39. The van der Waals surface area contributed by atoms with Crippen molar-refractivity contribution in [2.75, 3.05) is 13.7 Å². The molecule has 3 amide bonds. The molecule has 1 aliphatic rings. The van der Waals surface area contributed by atoms with E-state index in [4.69, 9.17) is 16.3 Å². The van der Waals surface area contributed by atoms with Crippen LogP contribution in [-0.4, -0.2) is 36.3 Å². The minimum atomic E-state index is -1.24. The van der Waals surface area contributed by atoms with Crippen LogP contribution in [0.4, 0.5) is 4.79 Å². The molecule has 1 atom stereocenters. The molecule has 3 rings (SSSR count). The quantitative estimate of drug-likeness (QED) is 0.646. The Morgan fingerprint density at radius 2 is 1.88 bits per heavy atom. The molecule has 0 saturated carbocycles. The number of nitrogens with one attached hydrogen (secondary N) is 1. The summed E-state index contributed by atoms with van der Waals surface area (Å²) in [5, 5.41) is 3.19. The second kappa shape index (κ2) is 6.80. The molecule has 0 spiro atoms. The standard InChI is InChI=1S/C19H17ClN2O4/c1-19(13-6-8-14(20)9-7-13)17(24)22(18(25)21-19)11-16(23)12-4-3-5-15(10-12)26-2/h3-10H,11H2,1-2H3,(H,21,25)/t19-/m1/s1. The van der Waals surface area contributed by atoms with Gasteiger partial charge in [0.15, 0.2) is 5.78 Å². The lowest BCUT2D eigenvalue weighted by atomic mass is 9.92. The van der Waals surface area contributed by atoms with Crippen molar-refractivity contribution in [3.8, 4) is 5.75 Å². The Bertz CT molecular complexity index is 881. The SMILES string of the molecule is COc1cccc(C(=O)CN2C(=O)N[C@](C)(c3ccc(Cl)cc3)C2=O)c1. The number of methoxy groups -OCH3 is 1. The van der Waals surface area contributed by atoms with Crippen molar-refractivity contribution in [2.24, 2.45) is 0 Å². The number of nitrogens with zero attached hydrogens (tertiary/aromatic N) is 1. The predicted octanol–water partition coefficient (Wildman–Crippen LogP) is 3.00. The highest BCUT2D eigenvalue weighted by Crippen LogP contribution is 2.29. The fraction of sp³-hybridized carbons (Fsp3) is 0.211. The number of imide groups is 1. The molecule has 26 heavy (non-hydrogen) atoms. The molecule has 2 aromatic carbocycles. The molecule has 2 aromatic rings. The van der Waals surface area contributed by atoms with E-state index in [0.29, 0.717) is 21.9 Å². The van der Waals surface area contributed by atoms with Crippen LogP contribution in [0.1, 0.15) is 22.8 Å². The minimum Gasteiger partial charge on any atom is -0.497 e. The summed E-state index contributed by atoms with van der Waals surface area (Å²) in [5.74, 6) is -0.312. The number of benzene rings is 2. The first-order chi connectivity index (χ1) is 12.3. The first-order valence-corrected chi connectivity index (χ1v) is 8.30. The van der Waals surface area contributed by atoms with Gasteiger partial charge in [-0.15, -0.1) is 0 Å². The monoisotopic (exact) mass is 372 g/mol. The van der Waals surface area contributed by atoms with Crippen molar-refractivity contribution in [1.29, 1.82) is 0 Å². The van der Waals surface area contributed by atoms with Crippen LogP contribution in [0, 0.1) is 0 Å². The fourth-order valence-electron chi connectivity index (χ4n) is 2.85. The first-order valence-electron chi connectivity index (χ1n) is 7.92. The van der Waals surface area contributed by atoms with Gasteiger partial charge in [-0.1, -0.05) is 35.9 Å². The van der Waals surface area contributed by atoms with E-state index in [1.807, 2.05) is 0 Å². The number of Topliss-reactive ketones (excluding diaryl/α,β-unsaturated/α-hetero) is 1. The molecule has 0 aliphatic carbocycles. The summed E-state index contributed by atoms with van der Waals surface area (Å²) in [6.45, 7) is 1.26. The van der Waals surface area contributed by atoms with E-state index in [-0.39, 0.29) is 12.3 Å². The van der Waals surface area contributed by atoms with Gasteiger partial charge in [0.2, 0.25) is 0 Å². The number of amides is 3. The maximum Gasteiger partial charge on any atom is 0.325 e. The molecule has 1 N–H and O–H groups in total. The molecule has 6 nitrogen and oxygen atoms in total. The van der Waals surface area contributed by atoms with Gasteiger partial charge < -0.3 is 10.1 Å². The van der Waals surface area contributed by atoms with E-state index in [0.717, 1.165) is 4.90 Å². The van der Waals surface area contributed by atoms with Crippen LogP contribution in [0.5, 0.6) is 5.75 Å². The van der Waals surface area contributed by atoms with Crippen LogP contribution >= 0.6 is 11.6 Å². The van der Waals surface area contributed by atoms with Gasteiger partial charge in [-0.2, -0.15) is 0 Å². The van der Waals surface area contributed by atoms with Crippen LogP contribution in [0.25, 0.3) is 0 Å². The topological polar surface area (TPSA) is 75.7 Å². The van der Waals surface area contributed by atoms with Crippen molar-refractivity contribution < 1.29 is 19.1 Å². The Kier molecular flexibility index (Phi) is 4.70. The van der Waals surface area contributed by atoms with Gasteiger partial charge in [-0.25, -0.2) is 4.79 Å². The van der Waals surface area contributed by atoms with E-state index in [1.54, 1.807) is 55.5 Å². The van der Waals surface area contributed by atoms with Gasteiger partial charge in [0.05, 0.1) is 13.7 Å². The van der Waals surface area contributed by atoms with Crippen LogP contribution < -0.4 is 10.1 Å². The van der Waals surface area contributed by atoms with Gasteiger partial charge in [0.1, 0.15) is 11.3 Å². The summed E-state index contributed by atoms with van der Waals surface area (Å²) in [5.41, 5.74) is -0.280. The molecule has 0 unspecified atom stereocenters. The van der Waals surface area contributed by atoms with Crippen LogP contribution in [0.3, 0.4) is 0 Å². The second-order valence-electron chi connectivity index (χ2n) is 6.11. The number of rotatable bonds is 5. The fourth-order valence-corrected chi connectivity index (χ4v) is 2.98. The number of hydrogen-bond donors (Lipinski definition) is 1. The number of carbonyl (C=O) groups excluding carboxylic acids is 3. The molecule has 0 aromatic heterocycles. The van der Waals surface area contributed by atoms with Gasteiger partial charge in [0.25, 0.3) is 5.91 Å². The molecule has 1 heterocycles. The number of ether oxygens (including phenoxy) is 1. The first kappa shape index (κ1) is 17.9. The van der Waals surface area contributed by atoms with Crippen molar-refractivity contribution in [2.45, 2.75) is 12.5 Å². The predicted molar refractivity (Wildman–Crippen MR) is 96.4 cm³/mol. The summed E-state index contributed by atoms with van der Waals surface area (Å²) in [6, 6.07) is 12.6. The summed E-state index contributed by atoms with van der Waals surface area (Å²) in [7, 11) is 1.50. The lowest BCUT2D eigenvalue weighted by molar-refractivity contribution is -0.130. The van der Waals surface area contributed by atoms with Crippen molar-refractivity contribution in [3.05, 3.63) is 64.7 Å². The molecular formula is C19H17ClN2O4. The lowest BCUT2D eigenvalue weighted by Crippen LogP contribution is -2.41. The molecule has 0 bridgehead atoms. The van der Waals surface area contributed by atoms with Crippen LogP contribution in [0.2, 0.25) is 5.02 Å². The zero-order valence-electron chi connectivity index (χ0n) is 14.3. The van der Waals surface area contributed by atoms with Crippen molar-refractivity contribution in [1.82, 2.24) is 10.2 Å². The lowest BCUT2D eigenvalue weighted by Gasteiger charge is -2.22. The summed E-state index contributed by atoms with van der Waals surface area (Å²) in [4.78, 5) is 38.6. The Hall–Kier alpha value is -2.86. The summed E-state index contributed by atoms with van der Waals surface area (Å²) in [6.07, 6.45) is 0. The van der Waals surface area contributed by atoms with E-state index in [2.05, 4.69) is 5.32 Å². The average Bonchev–Trinajstić information content (AvgIpc) is 2.86. The molecular weight excluding hydrogens is 356 g/mol. The molecule has 1 aliphatic heterocycles. The number of ketones is 1. The molecule has 1 saturated heterocycles. The normalized spacial score (nSPS) is 19.4. The Morgan fingerprint density at radius 1 is 1.19 bits per heavy atom. The van der Waals surface area contributed by atoms with E-state index in [1.165, 1.54) is 7.11 Å². The number of urea groups is 1. The minimum absolute atomic E-state index is 0.346. The van der Waals surface area contributed by atoms with Crippen LogP contribution in [-0.2, 0) is 10.3 Å². The van der Waals surface area contributed by atoms with E-state index in [9.17, 15) is 14.4 Å². The highest BCUT2D eigenvalue weighted by Gasteiger charge is 2.49. The molecule has 134 valence electrons. The maximum atomic E-state index is 12.8.